The van der Waals surface area contributed by atoms with E-state index in [1.54, 1.807) is 16.9 Å². The van der Waals surface area contributed by atoms with Crippen molar-refractivity contribution < 1.29 is 4.79 Å². The number of aromatic nitrogens is 2. The molecule has 0 aliphatic rings. The molecule has 0 saturated heterocycles. The third kappa shape index (κ3) is 2.28. The van der Waals surface area contributed by atoms with Crippen LogP contribution >= 0.6 is 23.4 Å². The Morgan fingerprint density at radius 3 is 2.94 bits per heavy atom. The molecule has 0 bridgehead atoms. The van der Waals surface area contributed by atoms with Crippen molar-refractivity contribution in [3.63, 3.8) is 0 Å². The molecule has 0 atom stereocenters. The van der Waals surface area contributed by atoms with Gasteiger partial charge in [0.05, 0.1) is 16.1 Å². The quantitative estimate of drug-likeness (QED) is 0.788. The highest BCUT2D eigenvalue weighted by Gasteiger charge is 2.08. The first-order valence-corrected chi connectivity index (χ1v) is 5.80. The van der Waals surface area contributed by atoms with Crippen molar-refractivity contribution in [1.29, 1.82) is 0 Å². The lowest BCUT2D eigenvalue weighted by Gasteiger charge is -2.03. The molecule has 0 saturated carbocycles. The van der Waals surface area contributed by atoms with Crippen molar-refractivity contribution in [2.24, 2.45) is 7.05 Å². The second-order valence-corrected chi connectivity index (χ2v) is 4.74. The highest BCUT2D eigenvalue weighted by Crippen LogP contribution is 2.32. The number of carbonyl (C=O) groups is 1. The molecule has 82 valence electrons. The molecule has 2 aromatic rings. The average Bonchev–Trinajstić information content (AvgIpc) is 2.64. The highest BCUT2D eigenvalue weighted by molar-refractivity contribution is 7.99. The van der Waals surface area contributed by atoms with Crippen molar-refractivity contribution in [3.05, 3.63) is 41.2 Å². The number of hydrogen-bond acceptors (Lipinski definition) is 3. The van der Waals surface area contributed by atoms with E-state index in [0.29, 0.717) is 10.6 Å². The van der Waals surface area contributed by atoms with Crippen LogP contribution < -0.4 is 0 Å². The van der Waals surface area contributed by atoms with Crippen LogP contribution in [0.5, 0.6) is 0 Å². The van der Waals surface area contributed by atoms with E-state index in [2.05, 4.69) is 5.10 Å². The number of carbonyl (C=O) groups excluding carboxylic acids is 1. The minimum atomic E-state index is 0.476. The van der Waals surface area contributed by atoms with E-state index >= 15 is 0 Å². The van der Waals surface area contributed by atoms with Gasteiger partial charge in [0, 0.05) is 23.7 Å². The SMILES string of the molecule is Cn1cc(Sc2cccc(Cl)c2C=O)cn1. The molecule has 0 amide bonds. The molecule has 0 aliphatic carbocycles. The number of rotatable bonds is 3. The van der Waals surface area contributed by atoms with Crippen molar-refractivity contribution >= 4 is 29.6 Å². The van der Waals surface area contributed by atoms with Crippen LogP contribution in [0.25, 0.3) is 0 Å². The summed E-state index contributed by atoms with van der Waals surface area (Å²) < 4.78 is 1.72. The summed E-state index contributed by atoms with van der Waals surface area (Å²) in [6.07, 6.45) is 4.42. The van der Waals surface area contributed by atoms with Crippen LogP contribution in [-0.4, -0.2) is 16.1 Å². The van der Waals surface area contributed by atoms with Gasteiger partial charge in [0.15, 0.2) is 6.29 Å². The van der Waals surface area contributed by atoms with Gasteiger partial charge in [-0.05, 0) is 12.1 Å². The van der Waals surface area contributed by atoms with Gasteiger partial charge in [0.2, 0.25) is 0 Å². The molecule has 3 nitrogen and oxygen atoms in total. The second-order valence-electron chi connectivity index (χ2n) is 3.22. The Kier molecular flexibility index (Phi) is 3.31. The Bertz CT molecular complexity index is 524. The zero-order valence-electron chi connectivity index (χ0n) is 8.55. The zero-order valence-corrected chi connectivity index (χ0v) is 10.1. The molecule has 0 fully saturated rings. The number of aldehydes is 1. The molecule has 0 N–H and O–H groups in total. The van der Waals surface area contributed by atoms with Crippen LogP contribution in [0.3, 0.4) is 0 Å². The van der Waals surface area contributed by atoms with E-state index < -0.39 is 0 Å². The van der Waals surface area contributed by atoms with Gasteiger partial charge in [0.1, 0.15) is 0 Å². The average molecular weight is 253 g/mol. The monoisotopic (exact) mass is 252 g/mol. The number of halogens is 1. The predicted molar refractivity (Wildman–Crippen MR) is 64.2 cm³/mol. The van der Waals surface area contributed by atoms with Gasteiger partial charge < -0.3 is 0 Å². The molecule has 1 aromatic heterocycles. The lowest BCUT2D eigenvalue weighted by molar-refractivity contribution is 0.112. The van der Waals surface area contributed by atoms with Gasteiger partial charge in [-0.3, -0.25) is 9.48 Å². The summed E-state index contributed by atoms with van der Waals surface area (Å²) in [5, 5.41) is 4.54. The minimum absolute atomic E-state index is 0.476. The summed E-state index contributed by atoms with van der Waals surface area (Å²) in [7, 11) is 1.85. The summed E-state index contributed by atoms with van der Waals surface area (Å²) >= 11 is 7.41. The molecule has 2 rings (SSSR count). The van der Waals surface area contributed by atoms with E-state index in [0.717, 1.165) is 16.1 Å². The summed E-state index contributed by atoms with van der Waals surface area (Å²) in [4.78, 5) is 12.7. The van der Waals surface area contributed by atoms with E-state index in [1.807, 2.05) is 25.4 Å². The Balaban J connectivity index is 2.34. The summed E-state index contributed by atoms with van der Waals surface area (Å²) in [5.41, 5.74) is 0.526. The molecule has 0 unspecified atom stereocenters. The van der Waals surface area contributed by atoms with Gasteiger partial charge in [-0.2, -0.15) is 5.10 Å². The third-order valence-corrected chi connectivity index (χ3v) is 3.39. The summed E-state index contributed by atoms with van der Waals surface area (Å²) in [6, 6.07) is 5.40. The second kappa shape index (κ2) is 4.72. The standard InChI is InChI=1S/C11H9ClN2OS/c1-14-6-8(5-13-14)16-11-4-2-3-10(12)9(11)7-15/h2-7H,1H3. The number of benzene rings is 1. The first-order chi connectivity index (χ1) is 7.70. The van der Waals surface area contributed by atoms with Gasteiger partial charge >= 0.3 is 0 Å². The van der Waals surface area contributed by atoms with Crippen LogP contribution in [0.4, 0.5) is 0 Å². The van der Waals surface area contributed by atoms with Gasteiger partial charge in [-0.15, -0.1) is 0 Å². The van der Waals surface area contributed by atoms with Crippen molar-refractivity contribution in [2.75, 3.05) is 0 Å². The molecular weight excluding hydrogens is 244 g/mol. The van der Waals surface area contributed by atoms with Crippen molar-refractivity contribution in [2.45, 2.75) is 9.79 Å². The number of aryl methyl sites for hydroxylation is 1. The normalized spacial score (nSPS) is 10.4. The fourth-order valence-electron chi connectivity index (χ4n) is 1.30. The van der Waals surface area contributed by atoms with Crippen molar-refractivity contribution in [3.8, 4) is 0 Å². The summed E-state index contributed by atoms with van der Waals surface area (Å²) in [6.45, 7) is 0. The third-order valence-electron chi connectivity index (χ3n) is 2.04. The Hall–Kier alpha value is -1.26. The van der Waals surface area contributed by atoms with Crippen LogP contribution in [-0.2, 0) is 7.05 Å². The van der Waals surface area contributed by atoms with Crippen molar-refractivity contribution in [1.82, 2.24) is 9.78 Å². The predicted octanol–water partition coefficient (Wildman–Crippen LogP) is 3.04. The van der Waals surface area contributed by atoms with Crippen LogP contribution in [0, 0.1) is 0 Å². The van der Waals surface area contributed by atoms with E-state index in [9.17, 15) is 4.79 Å². The molecule has 5 heteroatoms. The van der Waals surface area contributed by atoms with Gasteiger partial charge in [-0.1, -0.05) is 29.4 Å². The maximum Gasteiger partial charge on any atom is 0.152 e. The molecule has 0 aliphatic heterocycles. The number of hydrogen-bond donors (Lipinski definition) is 0. The topological polar surface area (TPSA) is 34.9 Å². The fourth-order valence-corrected chi connectivity index (χ4v) is 2.55. The van der Waals surface area contributed by atoms with Crippen LogP contribution in [0.1, 0.15) is 10.4 Å². The molecule has 0 spiro atoms. The Morgan fingerprint density at radius 1 is 1.50 bits per heavy atom. The van der Waals surface area contributed by atoms with E-state index in [4.69, 9.17) is 11.6 Å². The van der Waals surface area contributed by atoms with Gasteiger partial charge in [-0.25, -0.2) is 0 Å². The van der Waals surface area contributed by atoms with Gasteiger partial charge in [0.25, 0.3) is 0 Å². The minimum Gasteiger partial charge on any atom is -0.298 e. The molecule has 0 radical (unpaired) electrons. The van der Waals surface area contributed by atoms with E-state index in [1.165, 1.54) is 11.8 Å². The van der Waals surface area contributed by atoms with Crippen LogP contribution in [0.15, 0.2) is 40.4 Å². The molecule has 1 heterocycles. The van der Waals surface area contributed by atoms with E-state index in [-0.39, 0.29) is 0 Å². The Morgan fingerprint density at radius 2 is 2.31 bits per heavy atom. The number of nitrogens with zero attached hydrogens (tertiary/aromatic N) is 2. The fraction of sp³-hybridized carbons (Fsp3) is 0.0909. The van der Waals surface area contributed by atoms with Crippen LogP contribution in [0.2, 0.25) is 5.02 Å². The maximum atomic E-state index is 10.9. The first kappa shape index (κ1) is 11.2. The molecule has 16 heavy (non-hydrogen) atoms. The smallest absolute Gasteiger partial charge is 0.152 e. The Labute approximate surface area is 102 Å². The summed E-state index contributed by atoms with van der Waals surface area (Å²) in [5.74, 6) is 0. The zero-order chi connectivity index (χ0) is 11.5. The first-order valence-electron chi connectivity index (χ1n) is 4.61. The lowest BCUT2D eigenvalue weighted by Crippen LogP contribution is -1.86. The molecule has 1 aromatic carbocycles. The largest absolute Gasteiger partial charge is 0.298 e. The maximum absolute atomic E-state index is 10.9. The lowest BCUT2D eigenvalue weighted by atomic mass is 10.2. The molecular formula is C11H9ClN2OS. The highest BCUT2D eigenvalue weighted by atomic mass is 35.5.